The molecule has 0 aromatic heterocycles. The van der Waals surface area contributed by atoms with Gasteiger partial charge in [-0.05, 0) is 35.4 Å². The number of benzene rings is 3. The summed E-state index contributed by atoms with van der Waals surface area (Å²) in [5, 5.41) is 9.94. The molecule has 1 fully saturated rings. The van der Waals surface area contributed by atoms with Gasteiger partial charge in [0.1, 0.15) is 11.9 Å². The van der Waals surface area contributed by atoms with Gasteiger partial charge in [0.15, 0.2) is 0 Å². The average Bonchev–Trinajstić information content (AvgIpc) is 2.86. The number of carbonyl (C=O) groups is 2. The summed E-state index contributed by atoms with van der Waals surface area (Å²) in [6.45, 7) is 1.37. The van der Waals surface area contributed by atoms with Crippen LogP contribution in [0.2, 0.25) is 0 Å². The Labute approximate surface area is 198 Å². The molecule has 1 N–H and O–H groups in total. The molecule has 172 valence electrons. The third-order valence-corrected chi connectivity index (χ3v) is 5.93. The third kappa shape index (κ3) is 5.51. The SMILES string of the molecule is O=C(O)C1CN(CC#Cc2ccc(F)cc2)CCN1C(=O)C(c1ccccc1)c1ccccc1. The molecule has 3 aromatic rings. The van der Waals surface area contributed by atoms with Crippen LogP contribution in [0.1, 0.15) is 22.6 Å². The number of aliphatic carboxylic acids is 1. The maximum absolute atomic E-state index is 13.7. The highest BCUT2D eigenvalue weighted by atomic mass is 19.1. The zero-order valence-electron chi connectivity index (χ0n) is 18.6. The van der Waals surface area contributed by atoms with E-state index in [-0.39, 0.29) is 18.3 Å². The van der Waals surface area contributed by atoms with Crippen molar-refractivity contribution in [1.29, 1.82) is 0 Å². The van der Waals surface area contributed by atoms with E-state index in [0.717, 1.165) is 11.1 Å². The summed E-state index contributed by atoms with van der Waals surface area (Å²) in [5.41, 5.74) is 2.35. The number of nitrogens with zero attached hydrogens (tertiary/aromatic N) is 2. The highest BCUT2D eigenvalue weighted by Crippen LogP contribution is 2.28. The van der Waals surface area contributed by atoms with Crippen LogP contribution >= 0.6 is 0 Å². The number of carbonyl (C=O) groups excluding carboxylic acids is 1. The van der Waals surface area contributed by atoms with Crippen molar-refractivity contribution in [2.24, 2.45) is 0 Å². The summed E-state index contributed by atoms with van der Waals surface area (Å²) in [7, 11) is 0. The van der Waals surface area contributed by atoms with Gasteiger partial charge < -0.3 is 10.0 Å². The van der Waals surface area contributed by atoms with Crippen molar-refractivity contribution >= 4 is 11.9 Å². The molecule has 1 saturated heterocycles. The van der Waals surface area contributed by atoms with Gasteiger partial charge in [-0.1, -0.05) is 72.5 Å². The first-order chi connectivity index (χ1) is 16.5. The molecule has 1 aliphatic rings. The van der Waals surface area contributed by atoms with Gasteiger partial charge in [0, 0.05) is 25.2 Å². The van der Waals surface area contributed by atoms with Crippen LogP contribution in [0.25, 0.3) is 0 Å². The molecular weight excluding hydrogens is 431 g/mol. The van der Waals surface area contributed by atoms with Gasteiger partial charge in [0.2, 0.25) is 5.91 Å². The van der Waals surface area contributed by atoms with Crippen LogP contribution in [0.3, 0.4) is 0 Å². The zero-order valence-corrected chi connectivity index (χ0v) is 18.6. The molecule has 0 radical (unpaired) electrons. The van der Waals surface area contributed by atoms with Crippen molar-refractivity contribution in [3.8, 4) is 11.8 Å². The van der Waals surface area contributed by atoms with Crippen LogP contribution in [0.15, 0.2) is 84.9 Å². The Morgan fingerprint density at radius 1 is 0.912 bits per heavy atom. The van der Waals surface area contributed by atoms with E-state index in [9.17, 15) is 19.1 Å². The lowest BCUT2D eigenvalue weighted by molar-refractivity contribution is -0.153. The second kappa shape index (κ2) is 10.8. The quantitative estimate of drug-likeness (QED) is 0.596. The highest BCUT2D eigenvalue weighted by Gasteiger charge is 2.38. The number of piperazine rings is 1. The maximum atomic E-state index is 13.7. The van der Waals surface area contributed by atoms with Gasteiger partial charge >= 0.3 is 5.97 Å². The average molecular weight is 457 g/mol. The second-order valence-electron chi connectivity index (χ2n) is 8.18. The third-order valence-electron chi connectivity index (χ3n) is 5.93. The van der Waals surface area contributed by atoms with E-state index in [1.165, 1.54) is 17.0 Å². The standard InChI is InChI=1S/C28H25FN2O3/c29-24-15-13-21(14-16-24)8-7-17-30-18-19-31(25(20-30)28(33)34)27(32)26(22-9-3-1-4-10-22)23-11-5-2-6-12-23/h1-6,9-16,25-26H,17-20H2,(H,33,34). The van der Waals surface area contributed by atoms with Crippen molar-refractivity contribution in [2.45, 2.75) is 12.0 Å². The lowest BCUT2D eigenvalue weighted by Crippen LogP contribution is -2.59. The Bertz CT molecular complexity index is 1150. The Morgan fingerprint density at radius 2 is 1.50 bits per heavy atom. The molecule has 34 heavy (non-hydrogen) atoms. The number of carboxylic acid groups (broad SMARTS) is 1. The zero-order chi connectivity index (χ0) is 23.9. The Kier molecular flexibility index (Phi) is 7.36. The van der Waals surface area contributed by atoms with Crippen molar-refractivity contribution in [3.05, 3.63) is 107 Å². The van der Waals surface area contributed by atoms with Crippen molar-refractivity contribution < 1.29 is 19.1 Å². The Morgan fingerprint density at radius 3 is 2.06 bits per heavy atom. The summed E-state index contributed by atoms with van der Waals surface area (Å²) >= 11 is 0. The first-order valence-electron chi connectivity index (χ1n) is 11.1. The van der Waals surface area contributed by atoms with Gasteiger partial charge in [0.05, 0.1) is 12.5 Å². The van der Waals surface area contributed by atoms with Crippen LogP contribution < -0.4 is 0 Å². The second-order valence-corrected chi connectivity index (χ2v) is 8.18. The molecule has 1 aliphatic heterocycles. The largest absolute Gasteiger partial charge is 0.480 e. The van der Waals surface area contributed by atoms with Gasteiger partial charge in [-0.25, -0.2) is 9.18 Å². The van der Waals surface area contributed by atoms with E-state index < -0.39 is 17.9 Å². The molecule has 1 unspecified atom stereocenters. The number of amides is 1. The molecule has 1 heterocycles. The van der Waals surface area contributed by atoms with E-state index >= 15 is 0 Å². The minimum atomic E-state index is -1.04. The smallest absolute Gasteiger partial charge is 0.327 e. The molecule has 1 amide bonds. The first-order valence-corrected chi connectivity index (χ1v) is 11.1. The first kappa shape index (κ1) is 23.2. The van der Waals surface area contributed by atoms with Crippen molar-refractivity contribution in [2.75, 3.05) is 26.2 Å². The summed E-state index contributed by atoms with van der Waals surface area (Å²) < 4.78 is 13.0. The van der Waals surface area contributed by atoms with E-state index in [2.05, 4.69) is 11.8 Å². The summed E-state index contributed by atoms with van der Waals surface area (Å²) in [6.07, 6.45) is 0. The molecule has 4 rings (SSSR count). The lowest BCUT2D eigenvalue weighted by Gasteiger charge is -2.40. The monoisotopic (exact) mass is 456 g/mol. The van der Waals surface area contributed by atoms with Gasteiger partial charge in [-0.15, -0.1) is 0 Å². The van der Waals surface area contributed by atoms with E-state index in [1.54, 1.807) is 12.1 Å². The van der Waals surface area contributed by atoms with Gasteiger partial charge in [-0.2, -0.15) is 0 Å². The molecular formula is C28H25FN2O3. The van der Waals surface area contributed by atoms with Crippen LogP contribution in [-0.4, -0.2) is 59.0 Å². The summed E-state index contributed by atoms with van der Waals surface area (Å²) in [5.74, 6) is 3.85. The summed E-state index contributed by atoms with van der Waals surface area (Å²) in [4.78, 5) is 29.3. The minimum absolute atomic E-state index is 0.190. The normalized spacial score (nSPS) is 16.1. The Hall–Kier alpha value is -3.95. The molecule has 3 aromatic carbocycles. The minimum Gasteiger partial charge on any atom is -0.480 e. The Balaban J connectivity index is 1.51. The summed E-state index contributed by atoms with van der Waals surface area (Å²) in [6, 6.07) is 23.8. The molecule has 6 heteroatoms. The number of rotatable bonds is 5. The van der Waals surface area contributed by atoms with E-state index in [4.69, 9.17) is 0 Å². The van der Waals surface area contributed by atoms with E-state index in [0.29, 0.717) is 25.2 Å². The van der Waals surface area contributed by atoms with Crippen LogP contribution in [0.4, 0.5) is 4.39 Å². The van der Waals surface area contributed by atoms with Crippen molar-refractivity contribution in [1.82, 2.24) is 9.80 Å². The van der Waals surface area contributed by atoms with E-state index in [1.807, 2.05) is 65.6 Å². The number of carboxylic acids is 1. The van der Waals surface area contributed by atoms with Crippen molar-refractivity contribution in [3.63, 3.8) is 0 Å². The molecule has 0 aliphatic carbocycles. The van der Waals surface area contributed by atoms with Crippen LogP contribution in [0.5, 0.6) is 0 Å². The number of hydrogen-bond donors (Lipinski definition) is 1. The number of halogens is 1. The maximum Gasteiger partial charge on any atom is 0.327 e. The highest BCUT2D eigenvalue weighted by molar-refractivity contribution is 5.91. The number of hydrogen-bond acceptors (Lipinski definition) is 3. The fourth-order valence-electron chi connectivity index (χ4n) is 4.18. The van der Waals surface area contributed by atoms with Gasteiger partial charge in [-0.3, -0.25) is 9.69 Å². The fraction of sp³-hybridized carbons (Fsp3) is 0.214. The lowest BCUT2D eigenvalue weighted by atomic mass is 9.89. The molecule has 0 bridgehead atoms. The van der Waals surface area contributed by atoms with Crippen LogP contribution in [-0.2, 0) is 9.59 Å². The molecule has 0 spiro atoms. The molecule has 1 atom stereocenters. The fourth-order valence-corrected chi connectivity index (χ4v) is 4.18. The van der Waals surface area contributed by atoms with Gasteiger partial charge in [0.25, 0.3) is 0 Å². The predicted molar refractivity (Wildman–Crippen MR) is 128 cm³/mol. The molecule has 5 nitrogen and oxygen atoms in total. The van der Waals surface area contributed by atoms with Crippen LogP contribution in [0, 0.1) is 17.7 Å². The predicted octanol–water partition coefficient (Wildman–Crippen LogP) is 3.61. The molecule has 0 saturated carbocycles. The topological polar surface area (TPSA) is 60.9 Å².